The third-order valence-electron chi connectivity index (χ3n) is 3.64. The molecule has 108 valence electrons. The van der Waals surface area contributed by atoms with Gasteiger partial charge in [0.15, 0.2) is 0 Å². The van der Waals surface area contributed by atoms with Crippen molar-refractivity contribution < 1.29 is 19.4 Å². The standard InChI is InChI=1S/C13H22N2O4/c1-19-8-10(16)7-14-12(17)11-3-2-6-15(11)13(18)9-4-5-9/h9-11,16H,2-8H2,1H3,(H,14,17). The molecule has 0 aromatic rings. The molecular formula is C13H22N2O4. The second-order valence-corrected chi connectivity index (χ2v) is 5.32. The fraction of sp³-hybridized carbons (Fsp3) is 0.846. The van der Waals surface area contributed by atoms with Crippen LogP contribution in [0.2, 0.25) is 0 Å². The summed E-state index contributed by atoms with van der Waals surface area (Å²) < 4.78 is 4.79. The molecule has 2 fully saturated rings. The molecule has 6 nitrogen and oxygen atoms in total. The number of methoxy groups -OCH3 is 1. The zero-order chi connectivity index (χ0) is 13.8. The number of carbonyl (C=O) groups excluding carboxylic acids is 2. The number of nitrogens with zero attached hydrogens (tertiary/aromatic N) is 1. The Morgan fingerprint density at radius 2 is 2.16 bits per heavy atom. The van der Waals surface area contributed by atoms with E-state index >= 15 is 0 Å². The minimum absolute atomic E-state index is 0.120. The second kappa shape index (κ2) is 6.34. The monoisotopic (exact) mass is 270 g/mol. The predicted molar refractivity (Wildman–Crippen MR) is 68.4 cm³/mol. The number of aliphatic hydroxyl groups is 1. The normalized spacial score (nSPS) is 24.3. The van der Waals surface area contributed by atoms with Crippen LogP contribution >= 0.6 is 0 Å². The Kier molecular flexibility index (Phi) is 4.76. The molecule has 0 aromatic heterocycles. The number of rotatable bonds is 6. The van der Waals surface area contributed by atoms with Gasteiger partial charge in [-0.25, -0.2) is 0 Å². The molecule has 2 amide bonds. The summed E-state index contributed by atoms with van der Waals surface area (Å²) in [6.07, 6.45) is 2.79. The summed E-state index contributed by atoms with van der Waals surface area (Å²) in [4.78, 5) is 25.8. The Bertz CT molecular complexity index is 344. The first-order valence-corrected chi connectivity index (χ1v) is 6.88. The summed E-state index contributed by atoms with van der Waals surface area (Å²) in [5, 5.41) is 12.2. The van der Waals surface area contributed by atoms with Crippen LogP contribution in [0.5, 0.6) is 0 Å². The van der Waals surface area contributed by atoms with Gasteiger partial charge in [0.05, 0.1) is 12.7 Å². The van der Waals surface area contributed by atoms with Crippen molar-refractivity contribution in [2.45, 2.75) is 37.8 Å². The SMILES string of the molecule is COCC(O)CNC(=O)C1CCCN1C(=O)C1CC1. The highest BCUT2D eigenvalue weighted by Gasteiger charge is 2.40. The van der Waals surface area contributed by atoms with Crippen LogP contribution in [0.3, 0.4) is 0 Å². The van der Waals surface area contributed by atoms with Crippen LogP contribution in [0.1, 0.15) is 25.7 Å². The first-order chi connectivity index (χ1) is 9.13. The Hall–Kier alpha value is -1.14. The minimum Gasteiger partial charge on any atom is -0.389 e. The van der Waals surface area contributed by atoms with Gasteiger partial charge in [-0.3, -0.25) is 9.59 Å². The van der Waals surface area contributed by atoms with E-state index < -0.39 is 6.10 Å². The summed E-state index contributed by atoms with van der Waals surface area (Å²) in [5.74, 6) is 0.101. The van der Waals surface area contributed by atoms with Crippen LogP contribution < -0.4 is 5.32 Å². The lowest BCUT2D eigenvalue weighted by atomic mass is 10.2. The molecule has 2 atom stereocenters. The van der Waals surface area contributed by atoms with Crippen LogP contribution in [-0.2, 0) is 14.3 Å². The molecule has 0 aromatic carbocycles. The molecule has 6 heteroatoms. The van der Waals surface area contributed by atoms with Crippen molar-refractivity contribution in [1.82, 2.24) is 10.2 Å². The van der Waals surface area contributed by atoms with E-state index in [9.17, 15) is 14.7 Å². The van der Waals surface area contributed by atoms with Gasteiger partial charge in [-0.2, -0.15) is 0 Å². The summed E-state index contributed by atoms with van der Waals surface area (Å²) in [6, 6.07) is -0.358. The van der Waals surface area contributed by atoms with Gasteiger partial charge < -0.3 is 20.1 Å². The van der Waals surface area contributed by atoms with Crippen LogP contribution in [0.15, 0.2) is 0 Å². The molecule has 0 spiro atoms. The van der Waals surface area contributed by atoms with Gasteiger partial charge >= 0.3 is 0 Å². The molecule has 0 bridgehead atoms. The van der Waals surface area contributed by atoms with E-state index in [1.165, 1.54) is 7.11 Å². The highest BCUT2D eigenvalue weighted by molar-refractivity contribution is 5.89. The summed E-state index contributed by atoms with van der Waals surface area (Å²) >= 11 is 0. The van der Waals surface area contributed by atoms with Crippen molar-refractivity contribution in [3.63, 3.8) is 0 Å². The molecule has 1 aliphatic heterocycles. The van der Waals surface area contributed by atoms with Gasteiger partial charge in [0.2, 0.25) is 11.8 Å². The van der Waals surface area contributed by atoms with E-state index in [2.05, 4.69) is 5.32 Å². The average Bonchev–Trinajstić information content (AvgIpc) is 3.12. The number of likely N-dealkylation sites (tertiary alicyclic amines) is 1. The van der Waals surface area contributed by atoms with E-state index in [4.69, 9.17) is 4.74 Å². The molecule has 1 saturated carbocycles. The first-order valence-electron chi connectivity index (χ1n) is 6.88. The molecule has 1 heterocycles. The van der Waals surface area contributed by atoms with Crippen LogP contribution in [0, 0.1) is 5.92 Å². The zero-order valence-corrected chi connectivity index (χ0v) is 11.3. The number of nitrogens with one attached hydrogen (secondary N) is 1. The molecule has 2 unspecified atom stereocenters. The van der Waals surface area contributed by atoms with Crippen molar-refractivity contribution in [3.05, 3.63) is 0 Å². The molecule has 2 aliphatic rings. The zero-order valence-electron chi connectivity index (χ0n) is 11.3. The quantitative estimate of drug-likeness (QED) is 0.683. The van der Waals surface area contributed by atoms with Crippen molar-refractivity contribution >= 4 is 11.8 Å². The number of aliphatic hydroxyl groups excluding tert-OH is 1. The number of hydrogen-bond acceptors (Lipinski definition) is 4. The smallest absolute Gasteiger partial charge is 0.242 e. The fourth-order valence-electron chi connectivity index (χ4n) is 2.46. The maximum absolute atomic E-state index is 12.1. The summed E-state index contributed by atoms with van der Waals surface area (Å²) in [6.45, 7) is 1.03. The van der Waals surface area contributed by atoms with Gasteiger partial charge in [0, 0.05) is 26.1 Å². The number of carbonyl (C=O) groups is 2. The van der Waals surface area contributed by atoms with E-state index in [-0.39, 0.29) is 36.9 Å². The van der Waals surface area contributed by atoms with Gasteiger partial charge in [-0.1, -0.05) is 0 Å². The predicted octanol–water partition coefficient (Wildman–Crippen LogP) is -0.489. The Morgan fingerprint density at radius 3 is 2.79 bits per heavy atom. The topological polar surface area (TPSA) is 78.9 Å². The molecule has 1 aliphatic carbocycles. The van der Waals surface area contributed by atoms with Gasteiger partial charge in [-0.15, -0.1) is 0 Å². The lowest BCUT2D eigenvalue weighted by Crippen LogP contribution is -2.48. The third kappa shape index (κ3) is 3.67. The average molecular weight is 270 g/mol. The molecule has 2 N–H and O–H groups in total. The van der Waals surface area contributed by atoms with E-state index in [1.54, 1.807) is 4.90 Å². The Balaban J connectivity index is 1.81. The first kappa shape index (κ1) is 14.3. The minimum atomic E-state index is -0.706. The largest absolute Gasteiger partial charge is 0.389 e. The van der Waals surface area contributed by atoms with Gasteiger partial charge in [0.1, 0.15) is 6.04 Å². The van der Waals surface area contributed by atoms with E-state index in [0.29, 0.717) is 13.0 Å². The van der Waals surface area contributed by atoms with Crippen LogP contribution in [-0.4, -0.2) is 60.8 Å². The fourth-order valence-corrected chi connectivity index (χ4v) is 2.46. The molecule has 2 rings (SSSR count). The lowest BCUT2D eigenvalue weighted by molar-refractivity contribution is -0.139. The van der Waals surface area contributed by atoms with Crippen molar-refractivity contribution in [2.75, 3.05) is 26.8 Å². The van der Waals surface area contributed by atoms with Crippen molar-refractivity contribution in [2.24, 2.45) is 5.92 Å². The van der Waals surface area contributed by atoms with Crippen molar-refractivity contribution in [3.8, 4) is 0 Å². The number of amides is 2. The molecule has 0 radical (unpaired) electrons. The summed E-state index contributed by atoms with van der Waals surface area (Å²) in [7, 11) is 1.50. The van der Waals surface area contributed by atoms with Crippen LogP contribution in [0.4, 0.5) is 0 Å². The highest BCUT2D eigenvalue weighted by atomic mass is 16.5. The summed E-state index contributed by atoms with van der Waals surface area (Å²) in [5.41, 5.74) is 0. The highest BCUT2D eigenvalue weighted by Crippen LogP contribution is 2.33. The van der Waals surface area contributed by atoms with Gasteiger partial charge in [-0.05, 0) is 25.7 Å². The Morgan fingerprint density at radius 1 is 1.42 bits per heavy atom. The molecular weight excluding hydrogens is 248 g/mol. The second-order valence-electron chi connectivity index (χ2n) is 5.32. The maximum Gasteiger partial charge on any atom is 0.242 e. The van der Waals surface area contributed by atoms with Crippen molar-refractivity contribution in [1.29, 1.82) is 0 Å². The van der Waals surface area contributed by atoms with E-state index in [0.717, 1.165) is 19.3 Å². The third-order valence-corrected chi connectivity index (χ3v) is 3.64. The number of ether oxygens (including phenoxy) is 1. The van der Waals surface area contributed by atoms with Gasteiger partial charge in [0.25, 0.3) is 0 Å². The Labute approximate surface area is 113 Å². The molecule has 19 heavy (non-hydrogen) atoms. The lowest BCUT2D eigenvalue weighted by Gasteiger charge is -2.24. The number of hydrogen-bond donors (Lipinski definition) is 2. The maximum atomic E-state index is 12.1. The van der Waals surface area contributed by atoms with E-state index in [1.807, 2.05) is 0 Å². The van der Waals surface area contributed by atoms with Crippen LogP contribution in [0.25, 0.3) is 0 Å². The molecule has 1 saturated heterocycles.